The lowest BCUT2D eigenvalue weighted by Gasteiger charge is -2.23. The average molecular weight is 520 g/mol. The van der Waals surface area contributed by atoms with Gasteiger partial charge in [-0.1, -0.05) is 36.4 Å². The number of benzene rings is 2. The van der Waals surface area contributed by atoms with Crippen LogP contribution in [0.5, 0.6) is 0 Å². The van der Waals surface area contributed by atoms with Crippen LogP contribution in [0.3, 0.4) is 0 Å². The van der Waals surface area contributed by atoms with E-state index in [1.807, 2.05) is 30.3 Å². The van der Waals surface area contributed by atoms with Crippen LogP contribution in [0.25, 0.3) is 0 Å². The van der Waals surface area contributed by atoms with Crippen molar-refractivity contribution in [1.29, 1.82) is 0 Å². The second kappa shape index (κ2) is 12.1. The van der Waals surface area contributed by atoms with Crippen LogP contribution in [-0.2, 0) is 25.7 Å². The van der Waals surface area contributed by atoms with E-state index in [0.29, 0.717) is 17.7 Å². The van der Waals surface area contributed by atoms with Gasteiger partial charge in [-0.05, 0) is 35.4 Å². The lowest BCUT2D eigenvalue weighted by molar-refractivity contribution is -0.138. The third-order valence-corrected chi connectivity index (χ3v) is 6.18. The van der Waals surface area contributed by atoms with E-state index in [1.54, 1.807) is 12.1 Å². The molecule has 1 fully saturated rings. The lowest BCUT2D eigenvalue weighted by atomic mass is 10.0. The molecule has 2 unspecified atom stereocenters. The number of aliphatic carboxylic acids is 1. The fourth-order valence-electron chi connectivity index (χ4n) is 4.24. The Labute approximate surface area is 218 Å². The van der Waals surface area contributed by atoms with Crippen LogP contribution in [-0.4, -0.2) is 40.8 Å². The molecule has 0 bridgehead atoms. The van der Waals surface area contributed by atoms with Gasteiger partial charge in [0.1, 0.15) is 5.82 Å². The highest BCUT2D eigenvalue weighted by molar-refractivity contribution is 6.01. The van der Waals surface area contributed by atoms with Gasteiger partial charge in [0.05, 0.1) is 24.1 Å². The number of aromatic nitrogens is 1. The van der Waals surface area contributed by atoms with Crippen molar-refractivity contribution in [3.05, 3.63) is 90.0 Å². The summed E-state index contributed by atoms with van der Waals surface area (Å²) in [5.41, 5.74) is 4.52. The first-order valence-corrected chi connectivity index (χ1v) is 11.9. The molecule has 0 saturated carbocycles. The Bertz CT molecular complexity index is 1310. The first kappa shape index (κ1) is 26.4. The standard InChI is InChI=1S/C27H26FN5O5/c28-22-9-8-21(12-24(22)33(17-34)30-14-18-5-2-1-3-6-18)32-16-20(11-25(32)35)27(38)31-23(13-26(36)37)19-7-4-10-29-15-19/h1-10,12,15,17,20,23,30H,11,13-14,16H2,(H,31,38)(H,36,37). The molecule has 4 rings (SSSR count). The summed E-state index contributed by atoms with van der Waals surface area (Å²) in [7, 11) is 0. The van der Waals surface area contributed by atoms with Crippen molar-refractivity contribution in [2.75, 3.05) is 16.5 Å². The average Bonchev–Trinajstić information content (AvgIpc) is 3.32. The molecule has 2 atom stereocenters. The Morgan fingerprint density at radius 3 is 2.66 bits per heavy atom. The number of amides is 3. The third kappa shape index (κ3) is 6.37. The summed E-state index contributed by atoms with van der Waals surface area (Å²) in [6.07, 6.45) is 3.01. The highest BCUT2D eigenvalue weighted by Gasteiger charge is 2.36. The van der Waals surface area contributed by atoms with Crippen molar-refractivity contribution >= 4 is 35.6 Å². The van der Waals surface area contributed by atoms with E-state index in [1.165, 1.54) is 29.4 Å². The summed E-state index contributed by atoms with van der Waals surface area (Å²) >= 11 is 0. The van der Waals surface area contributed by atoms with E-state index in [-0.39, 0.29) is 37.5 Å². The molecule has 0 radical (unpaired) electrons. The quantitative estimate of drug-likeness (QED) is 0.262. The highest BCUT2D eigenvalue weighted by Crippen LogP contribution is 2.30. The fourth-order valence-corrected chi connectivity index (χ4v) is 4.24. The summed E-state index contributed by atoms with van der Waals surface area (Å²) in [5.74, 6) is -3.34. The van der Waals surface area contributed by atoms with Crippen molar-refractivity contribution in [2.45, 2.75) is 25.4 Å². The van der Waals surface area contributed by atoms with E-state index in [2.05, 4.69) is 15.7 Å². The number of carbonyl (C=O) groups is 4. The molecule has 0 aliphatic carbocycles. The van der Waals surface area contributed by atoms with Gasteiger partial charge in [0.15, 0.2) is 0 Å². The predicted octanol–water partition coefficient (Wildman–Crippen LogP) is 2.57. The minimum absolute atomic E-state index is 0.0150. The van der Waals surface area contributed by atoms with Crippen LogP contribution >= 0.6 is 0 Å². The molecule has 1 aliphatic heterocycles. The number of nitrogens with one attached hydrogen (secondary N) is 2. The monoisotopic (exact) mass is 519 g/mol. The molecule has 38 heavy (non-hydrogen) atoms. The summed E-state index contributed by atoms with van der Waals surface area (Å²) < 4.78 is 14.7. The van der Waals surface area contributed by atoms with Crippen LogP contribution in [0.15, 0.2) is 73.1 Å². The van der Waals surface area contributed by atoms with Gasteiger partial charge in [0, 0.05) is 37.6 Å². The van der Waals surface area contributed by atoms with Crippen molar-refractivity contribution in [1.82, 2.24) is 15.7 Å². The van der Waals surface area contributed by atoms with Crippen LogP contribution in [0.1, 0.15) is 30.0 Å². The van der Waals surface area contributed by atoms with Crippen molar-refractivity contribution in [2.24, 2.45) is 5.92 Å². The zero-order valence-electron chi connectivity index (χ0n) is 20.3. The molecule has 1 aliphatic rings. The molecular formula is C27H26FN5O5. The lowest BCUT2D eigenvalue weighted by Crippen LogP contribution is -2.37. The van der Waals surface area contributed by atoms with Gasteiger partial charge in [0.25, 0.3) is 0 Å². The number of halogens is 1. The number of hydrogen-bond acceptors (Lipinski definition) is 6. The molecule has 196 valence electrons. The molecule has 3 aromatic rings. The fraction of sp³-hybridized carbons (Fsp3) is 0.222. The molecule has 1 aromatic heterocycles. The summed E-state index contributed by atoms with van der Waals surface area (Å²) in [5, 5.41) is 13.0. The first-order valence-electron chi connectivity index (χ1n) is 11.9. The number of pyridine rings is 1. The summed E-state index contributed by atoms with van der Waals surface area (Å²) in [6, 6.07) is 15.7. The number of nitrogens with zero attached hydrogens (tertiary/aromatic N) is 3. The van der Waals surface area contributed by atoms with Crippen molar-refractivity contribution in [3.8, 4) is 0 Å². The smallest absolute Gasteiger partial charge is 0.305 e. The minimum Gasteiger partial charge on any atom is -0.481 e. The van der Waals surface area contributed by atoms with Gasteiger partial charge in [-0.3, -0.25) is 24.2 Å². The predicted molar refractivity (Wildman–Crippen MR) is 136 cm³/mol. The number of anilines is 2. The molecule has 1 saturated heterocycles. The van der Waals surface area contributed by atoms with Crippen molar-refractivity contribution < 1.29 is 28.7 Å². The molecule has 10 nitrogen and oxygen atoms in total. The SMILES string of the molecule is O=CN(NCc1ccccc1)c1cc(N2CC(C(=O)NC(CC(=O)O)c3cccnc3)CC2=O)ccc1F. The van der Waals surface area contributed by atoms with Gasteiger partial charge in [0.2, 0.25) is 18.2 Å². The van der Waals surface area contributed by atoms with Gasteiger partial charge in [-0.2, -0.15) is 0 Å². The summed E-state index contributed by atoms with van der Waals surface area (Å²) in [4.78, 5) is 54.2. The van der Waals surface area contributed by atoms with Crippen LogP contribution < -0.4 is 20.7 Å². The zero-order chi connectivity index (χ0) is 27.1. The van der Waals surface area contributed by atoms with E-state index >= 15 is 0 Å². The largest absolute Gasteiger partial charge is 0.481 e. The molecule has 3 amide bonds. The maximum atomic E-state index is 14.7. The number of carboxylic acid groups (broad SMARTS) is 1. The number of hydrogen-bond donors (Lipinski definition) is 3. The third-order valence-electron chi connectivity index (χ3n) is 6.18. The van der Waals surface area contributed by atoms with Gasteiger partial charge in [-0.25, -0.2) is 14.8 Å². The highest BCUT2D eigenvalue weighted by atomic mass is 19.1. The number of carboxylic acids is 1. The van der Waals surface area contributed by atoms with E-state index < -0.39 is 29.7 Å². The van der Waals surface area contributed by atoms with Crippen LogP contribution in [0.2, 0.25) is 0 Å². The van der Waals surface area contributed by atoms with Gasteiger partial charge in [-0.15, -0.1) is 0 Å². The number of hydrazine groups is 1. The van der Waals surface area contributed by atoms with E-state index in [4.69, 9.17) is 0 Å². The van der Waals surface area contributed by atoms with Crippen LogP contribution in [0.4, 0.5) is 15.8 Å². The molecular weight excluding hydrogens is 493 g/mol. The molecule has 11 heteroatoms. The summed E-state index contributed by atoms with van der Waals surface area (Å²) in [6.45, 7) is 0.281. The van der Waals surface area contributed by atoms with Crippen LogP contribution in [0, 0.1) is 11.7 Å². The molecule has 3 N–H and O–H groups in total. The Morgan fingerprint density at radius 1 is 1.18 bits per heavy atom. The Hall–Kier alpha value is -4.64. The maximum absolute atomic E-state index is 14.7. The molecule has 2 heterocycles. The second-order valence-corrected chi connectivity index (χ2v) is 8.78. The molecule has 0 spiro atoms. The number of carbonyl (C=O) groups excluding carboxylic acids is 3. The van der Waals surface area contributed by atoms with E-state index in [0.717, 1.165) is 16.6 Å². The molecule has 2 aromatic carbocycles. The van der Waals surface area contributed by atoms with Gasteiger partial charge < -0.3 is 15.3 Å². The maximum Gasteiger partial charge on any atom is 0.305 e. The first-order chi connectivity index (χ1) is 18.4. The normalized spacial score (nSPS) is 15.7. The Balaban J connectivity index is 1.47. The minimum atomic E-state index is -1.09. The Morgan fingerprint density at radius 2 is 1.97 bits per heavy atom. The second-order valence-electron chi connectivity index (χ2n) is 8.78. The van der Waals surface area contributed by atoms with Gasteiger partial charge >= 0.3 is 5.97 Å². The van der Waals surface area contributed by atoms with E-state index in [9.17, 15) is 28.7 Å². The zero-order valence-corrected chi connectivity index (χ0v) is 20.3. The van der Waals surface area contributed by atoms with Crippen molar-refractivity contribution in [3.63, 3.8) is 0 Å². The number of rotatable bonds is 11. The topological polar surface area (TPSA) is 132 Å². The Kier molecular flexibility index (Phi) is 8.39.